The number of rotatable bonds is 4. The fourth-order valence-corrected chi connectivity index (χ4v) is 5.38. The first-order chi connectivity index (χ1) is 13.9. The van der Waals surface area contributed by atoms with E-state index in [0.29, 0.717) is 36.9 Å². The molecule has 0 radical (unpaired) electrons. The highest BCUT2D eigenvalue weighted by Gasteiger charge is 2.55. The number of fused-ring (bicyclic) bond motifs is 3. The Hall–Kier alpha value is -2.16. The zero-order valence-corrected chi connectivity index (χ0v) is 17.4. The molecule has 3 fully saturated rings. The third kappa shape index (κ3) is 3.10. The maximum atomic E-state index is 13.9. The SMILES string of the molecule is O=C1NC(=O)[C@](CCC(=O)N2CCN3c4cc(Br)c(F)cc4C[C@H]3C2)(C2CC2)N1. The minimum atomic E-state index is -0.929. The monoisotopic (exact) mass is 464 g/mol. The maximum absolute atomic E-state index is 13.9. The average Bonchev–Trinajstić information content (AvgIpc) is 3.42. The number of anilines is 1. The molecule has 0 spiro atoms. The molecule has 2 atom stereocenters. The summed E-state index contributed by atoms with van der Waals surface area (Å²) in [6, 6.07) is 3.07. The van der Waals surface area contributed by atoms with Gasteiger partial charge in [-0.3, -0.25) is 14.9 Å². The number of nitrogens with zero attached hydrogens (tertiary/aromatic N) is 2. The summed E-state index contributed by atoms with van der Waals surface area (Å²) < 4.78 is 14.3. The predicted molar refractivity (Wildman–Crippen MR) is 107 cm³/mol. The summed E-state index contributed by atoms with van der Waals surface area (Å²) in [6.07, 6.45) is 3.06. The van der Waals surface area contributed by atoms with Gasteiger partial charge in [0.05, 0.1) is 10.5 Å². The number of benzene rings is 1. The van der Waals surface area contributed by atoms with Gasteiger partial charge in [0.25, 0.3) is 5.91 Å². The fraction of sp³-hybridized carbons (Fsp3) is 0.550. The molecule has 2 N–H and O–H groups in total. The molecule has 2 saturated heterocycles. The first-order valence-electron chi connectivity index (χ1n) is 10.0. The van der Waals surface area contributed by atoms with Crippen LogP contribution in [0.2, 0.25) is 0 Å². The van der Waals surface area contributed by atoms with Crippen LogP contribution < -0.4 is 15.5 Å². The van der Waals surface area contributed by atoms with Crippen molar-refractivity contribution in [2.75, 3.05) is 24.5 Å². The van der Waals surface area contributed by atoms with E-state index in [1.807, 2.05) is 11.0 Å². The molecule has 1 saturated carbocycles. The molecular formula is C20H22BrFN4O3. The van der Waals surface area contributed by atoms with Crippen molar-refractivity contribution in [1.82, 2.24) is 15.5 Å². The average molecular weight is 465 g/mol. The molecule has 7 nitrogen and oxygen atoms in total. The summed E-state index contributed by atoms with van der Waals surface area (Å²) in [5.74, 6) is -0.446. The van der Waals surface area contributed by atoms with Crippen molar-refractivity contribution in [3.8, 4) is 0 Å². The van der Waals surface area contributed by atoms with E-state index in [1.165, 1.54) is 0 Å². The van der Waals surface area contributed by atoms with Crippen molar-refractivity contribution >= 4 is 39.5 Å². The molecular weight excluding hydrogens is 443 g/mol. The lowest BCUT2D eigenvalue weighted by molar-refractivity contribution is -0.133. The van der Waals surface area contributed by atoms with Crippen LogP contribution in [0.5, 0.6) is 0 Å². The summed E-state index contributed by atoms with van der Waals surface area (Å²) in [4.78, 5) is 41.0. The summed E-state index contributed by atoms with van der Waals surface area (Å²) >= 11 is 3.26. The molecule has 0 bridgehead atoms. The van der Waals surface area contributed by atoms with Gasteiger partial charge in [0.2, 0.25) is 5.91 Å². The van der Waals surface area contributed by atoms with Crippen LogP contribution in [0.25, 0.3) is 0 Å². The lowest BCUT2D eigenvalue weighted by Crippen LogP contribution is -2.54. The summed E-state index contributed by atoms with van der Waals surface area (Å²) in [5.41, 5.74) is 1.08. The fourth-order valence-electron chi connectivity index (χ4n) is 5.05. The second-order valence-electron chi connectivity index (χ2n) is 8.44. The highest BCUT2D eigenvalue weighted by atomic mass is 79.9. The van der Waals surface area contributed by atoms with E-state index in [1.54, 1.807) is 6.07 Å². The molecule has 154 valence electrons. The summed E-state index contributed by atoms with van der Waals surface area (Å²) in [7, 11) is 0. The number of hydrogen-bond acceptors (Lipinski definition) is 4. The van der Waals surface area contributed by atoms with E-state index < -0.39 is 11.6 Å². The molecule has 1 aromatic carbocycles. The molecule has 3 heterocycles. The number of amides is 4. The van der Waals surface area contributed by atoms with Crippen molar-refractivity contribution in [2.24, 2.45) is 5.92 Å². The van der Waals surface area contributed by atoms with Crippen LogP contribution in [0.1, 0.15) is 31.2 Å². The van der Waals surface area contributed by atoms with E-state index >= 15 is 0 Å². The number of carbonyl (C=O) groups is 3. The predicted octanol–water partition coefficient (Wildman–Crippen LogP) is 1.93. The van der Waals surface area contributed by atoms with Crippen molar-refractivity contribution in [1.29, 1.82) is 0 Å². The summed E-state index contributed by atoms with van der Waals surface area (Å²) in [6.45, 7) is 1.88. The van der Waals surface area contributed by atoms with Gasteiger partial charge in [0, 0.05) is 31.7 Å². The summed E-state index contributed by atoms with van der Waals surface area (Å²) in [5, 5.41) is 5.11. The van der Waals surface area contributed by atoms with Gasteiger partial charge >= 0.3 is 6.03 Å². The highest BCUT2D eigenvalue weighted by molar-refractivity contribution is 9.10. The van der Waals surface area contributed by atoms with E-state index in [2.05, 4.69) is 31.5 Å². The number of urea groups is 1. The molecule has 4 amide bonds. The van der Waals surface area contributed by atoms with E-state index in [0.717, 1.165) is 24.1 Å². The second kappa shape index (κ2) is 6.68. The Morgan fingerprint density at radius 2 is 2.07 bits per heavy atom. The first-order valence-corrected chi connectivity index (χ1v) is 10.8. The molecule has 1 aliphatic carbocycles. The zero-order chi connectivity index (χ0) is 20.3. The lowest BCUT2D eigenvalue weighted by atomic mass is 9.87. The quantitative estimate of drug-likeness (QED) is 0.667. The molecule has 3 aliphatic heterocycles. The Bertz CT molecular complexity index is 921. The van der Waals surface area contributed by atoms with E-state index in [-0.39, 0.29) is 36.0 Å². The Kier molecular flexibility index (Phi) is 4.34. The molecule has 1 aromatic rings. The van der Waals surface area contributed by atoms with Crippen LogP contribution in [0.15, 0.2) is 16.6 Å². The number of nitrogens with one attached hydrogen (secondary N) is 2. The van der Waals surface area contributed by atoms with Crippen molar-refractivity contribution in [3.63, 3.8) is 0 Å². The molecule has 4 aliphatic rings. The maximum Gasteiger partial charge on any atom is 0.322 e. The van der Waals surface area contributed by atoms with Crippen LogP contribution in [-0.2, 0) is 16.0 Å². The standard InChI is InChI=1S/C20H22BrFN4O3/c21-14-9-16-11(8-15(14)22)7-13-10-25(5-6-26(13)16)17(27)3-4-20(12-1-2-12)18(28)23-19(29)24-20/h8-9,12-13H,1-7,10H2,(H2,23,24,28,29)/t13-,20-/m0/s1. The second-order valence-corrected chi connectivity index (χ2v) is 9.29. The van der Waals surface area contributed by atoms with Crippen molar-refractivity contribution in [2.45, 2.75) is 43.7 Å². The van der Waals surface area contributed by atoms with Gasteiger partial charge in [-0.25, -0.2) is 9.18 Å². The number of halogens is 2. The van der Waals surface area contributed by atoms with Crippen LogP contribution in [0.4, 0.5) is 14.9 Å². The molecule has 5 rings (SSSR count). The van der Waals surface area contributed by atoms with Gasteiger partial charge in [-0.15, -0.1) is 0 Å². The van der Waals surface area contributed by atoms with Gasteiger partial charge in [-0.2, -0.15) is 0 Å². The topological polar surface area (TPSA) is 81.8 Å². The minimum absolute atomic E-state index is 0.00180. The van der Waals surface area contributed by atoms with Gasteiger partial charge in [-0.1, -0.05) is 0 Å². The lowest BCUT2D eigenvalue weighted by Gasteiger charge is -2.39. The van der Waals surface area contributed by atoms with E-state index in [9.17, 15) is 18.8 Å². The van der Waals surface area contributed by atoms with Crippen LogP contribution in [-0.4, -0.2) is 54.0 Å². The van der Waals surface area contributed by atoms with Crippen molar-refractivity contribution < 1.29 is 18.8 Å². The Labute approximate surface area is 176 Å². The van der Waals surface area contributed by atoms with Gasteiger partial charge in [0.1, 0.15) is 11.4 Å². The minimum Gasteiger partial charge on any atom is -0.364 e. The van der Waals surface area contributed by atoms with Gasteiger partial charge in [0.15, 0.2) is 0 Å². The van der Waals surface area contributed by atoms with Crippen LogP contribution in [0.3, 0.4) is 0 Å². The number of piperazine rings is 1. The van der Waals surface area contributed by atoms with Crippen LogP contribution in [0, 0.1) is 11.7 Å². The molecule has 9 heteroatoms. The Balaban J connectivity index is 1.24. The van der Waals surface area contributed by atoms with Gasteiger partial charge in [-0.05, 0) is 65.2 Å². The highest BCUT2D eigenvalue weighted by Crippen LogP contribution is 2.44. The van der Waals surface area contributed by atoms with Crippen molar-refractivity contribution in [3.05, 3.63) is 28.0 Å². The van der Waals surface area contributed by atoms with Gasteiger partial charge < -0.3 is 15.1 Å². The number of imide groups is 1. The number of hydrogen-bond donors (Lipinski definition) is 2. The molecule has 0 aromatic heterocycles. The first kappa shape index (κ1) is 18.8. The normalized spacial score (nSPS) is 28.1. The number of carbonyl (C=O) groups excluding carboxylic acids is 3. The molecule has 0 unspecified atom stereocenters. The Morgan fingerprint density at radius 1 is 1.28 bits per heavy atom. The largest absolute Gasteiger partial charge is 0.364 e. The third-order valence-corrected chi connectivity index (χ3v) is 7.31. The zero-order valence-electron chi connectivity index (χ0n) is 15.8. The third-order valence-electron chi connectivity index (χ3n) is 6.70. The Morgan fingerprint density at radius 3 is 2.76 bits per heavy atom. The van der Waals surface area contributed by atoms with E-state index in [4.69, 9.17) is 0 Å². The smallest absolute Gasteiger partial charge is 0.322 e. The molecule has 29 heavy (non-hydrogen) atoms. The van der Waals surface area contributed by atoms with Crippen LogP contribution >= 0.6 is 15.9 Å².